The van der Waals surface area contributed by atoms with Gasteiger partial charge in [0.25, 0.3) is 0 Å². The van der Waals surface area contributed by atoms with Crippen LogP contribution in [0.25, 0.3) is 0 Å². The summed E-state index contributed by atoms with van der Waals surface area (Å²) in [7, 11) is 0. The van der Waals surface area contributed by atoms with Gasteiger partial charge in [-0.2, -0.15) is 0 Å². The lowest BCUT2D eigenvalue weighted by Crippen LogP contribution is -2.58. The van der Waals surface area contributed by atoms with Crippen molar-refractivity contribution in [1.29, 1.82) is 0 Å². The minimum Gasteiger partial charge on any atom is -0.464 e. The molecule has 2 heterocycles. The molecule has 3 aromatic carbocycles. The van der Waals surface area contributed by atoms with Crippen LogP contribution in [-0.4, -0.2) is 23.0 Å². The van der Waals surface area contributed by atoms with Crippen LogP contribution < -0.4 is 10.2 Å². The Labute approximate surface area is 206 Å². The molecule has 172 valence electrons. The second-order valence-electron chi connectivity index (χ2n) is 8.68. The summed E-state index contributed by atoms with van der Waals surface area (Å²) in [5, 5.41) is 13.8. The number of carboxylic acid groups (broad SMARTS) is 1. The number of halogens is 2. The molecule has 3 amide bonds. The molecule has 2 aliphatic rings. The third-order valence-electron chi connectivity index (χ3n) is 6.72. The molecule has 2 aliphatic heterocycles. The van der Waals surface area contributed by atoms with Gasteiger partial charge in [0.05, 0.1) is 11.7 Å². The number of anilines is 1. The van der Waals surface area contributed by atoms with E-state index in [4.69, 9.17) is 23.2 Å². The first kappa shape index (κ1) is 22.4. The van der Waals surface area contributed by atoms with Gasteiger partial charge in [-0.25, -0.2) is 9.69 Å². The topological polar surface area (TPSA) is 86.7 Å². The van der Waals surface area contributed by atoms with Crippen LogP contribution in [0.3, 0.4) is 0 Å². The highest BCUT2D eigenvalue weighted by Crippen LogP contribution is 2.59. The molecule has 5 rings (SSSR count). The molecule has 1 spiro atoms. The third-order valence-corrected chi connectivity index (χ3v) is 7.19. The molecule has 3 atom stereocenters. The van der Waals surface area contributed by atoms with Crippen LogP contribution in [0.5, 0.6) is 0 Å². The second-order valence-corrected chi connectivity index (χ2v) is 9.55. The minimum atomic E-state index is -1.43. The Morgan fingerprint density at radius 2 is 1.71 bits per heavy atom. The van der Waals surface area contributed by atoms with Crippen molar-refractivity contribution in [3.63, 3.8) is 0 Å². The van der Waals surface area contributed by atoms with Gasteiger partial charge in [-0.05, 0) is 47.9 Å². The number of carbonyl (C=O) groups is 3. The van der Waals surface area contributed by atoms with Crippen LogP contribution in [-0.2, 0) is 15.0 Å². The molecule has 6 nitrogen and oxygen atoms in total. The summed E-state index contributed by atoms with van der Waals surface area (Å²) >= 11 is 12.5. The highest BCUT2D eigenvalue weighted by atomic mass is 35.5. The number of amides is 3. The number of imide groups is 1. The van der Waals surface area contributed by atoms with E-state index >= 15 is 0 Å². The van der Waals surface area contributed by atoms with Gasteiger partial charge >= 0.3 is 6.09 Å². The van der Waals surface area contributed by atoms with Crippen LogP contribution in [0.1, 0.15) is 40.6 Å². The molecular formula is C26H20Cl2N2O4. The van der Waals surface area contributed by atoms with E-state index in [0.29, 0.717) is 26.7 Å². The van der Waals surface area contributed by atoms with Gasteiger partial charge in [0.15, 0.2) is 0 Å². The van der Waals surface area contributed by atoms with E-state index < -0.39 is 29.4 Å². The second kappa shape index (κ2) is 8.15. The zero-order chi connectivity index (χ0) is 24.2. The number of hydrogen-bond acceptors (Lipinski definition) is 3. The van der Waals surface area contributed by atoms with Crippen LogP contribution in [0.2, 0.25) is 10.0 Å². The average molecular weight is 495 g/mol. The number of hydrogen-bond donors (Lipinski definition) is 2. The lowest BCUT2D eigenvalue weighted by Gasteiger charge is -2.46. The van der Waals surface area contributed by atoms with Gasteiger partial charge in [0.1, 0.15) is 5.41 Å². The number of nitrogens with zero attached hydrogens (tertiary/aromatic N) is 1. The number of rotatable bonds is 2. The summed E-state index contributed by atoms with van der Waals surface area (Å²) in [6.07, 6.45) is -1.42. The molecule has 0 radical (unpaired) electrons. The average Bonchev–Trinajstić information content (AvgIpc) is 3.03. The molecule has 3 aromatic rings. The van der Waals surface area contributed by atoms with Crippen LogP contribution in [0, 0.1) is 6.92 Å². The summed E-state index contributed by atoms with van der Waals surface area (Å²) in [5.74, 6) is -1.53. The van der Waals surface area contributed by atoms with E-state index in [-0.39, 0.29) is 18.0 Å². The minimum absolute atomic E-state index is 0.01000. The SMILES string of the molecule is Cc1cccc(C2NC(=O)CC(c3cccc(Cl)c3)C23C(=O)N(C(=O)O)c2cc(Cl)ccc23)c1. The number of fused-ring (bicyclic) bond motifs is 2. The molecule has 8 heteroatoms. The smallest absolute Gasteiger partial charge is 0.418 e. The maximum absolute atomic E-state index is 14.3. The quantitative estimate of drug-likeness (QED) is 0.484. The van der Waals surface area contributed by atoms with E-state index in [1.165, 1.54) is 6.07 Å². The molecule has 1 saturated heterocycles. The Balaban J connectivity index is 1.87. The van der Waals surface area contributed by atoms with Gasteiger partial charge < -0.3 is 10.4 Å². The molecular weight excluding hydrogens is 475 g/mol. The van der Waals surface area contributed by atoms with E-state index in [0.717, 1.165) is 10.5 Å². The van der Waals surface area contributed by atoms with Gasteiger partial charge in [-0.15, -0.1) is 0 Å². The Hall–Kier alpha value is -3.35. The number of piperidine rings is 1. The predicted molar refractivity (Wildman–Crippen MR) is 130 cm³/mol. The van der Waals surface area contributed by atoms with Gasteiger partial charge in [0, 0.05) is 22.4 Å². The first-order chi connectivity index (χ1) is 16.2. The van der Waals surface area contributed by atoms with Crippen LogP contribution in [0.15, 0.2) is 66.7 Å². The summed E-state index contributed by atoms with van der Waals surface area (Å²) in [4.78, 5) is 40.3. The third kappa shape index (κ3) is 3.29. The van der Waals surface area contributed by atoms with Gasteiger partial charge in [0.2, 0.25) is 11.8 Å². The number of nitrogens with one attached hydrogen (secondary N) is 1. The molecule has 34 heavy (non-hydrogen) atoms. The fourth-order valence-electron chi connectivity index (χ4n) is 5.44. The van der Waals surface area contributed by atoms with Gasteiger partial charge in [-0.1, -0.05) is 71.2 Å². The summed E-state index contributed by atoms with van der Waals surface area (Å²) in [6, 6.07) is 18.5. The zero-order valence-electron chi connectivity index (χ0n) is 18.1. The number of aryl methyl sites for hydroxylation is 1. The maximum Gasteiger partial charge on any atom is 0.418 e. The molecule has 2 N–H and O–H groups in total. The molecule has 3 unspecified atom stereocenters. The van der Waals surface area contributed by atoms with Crippen molar-refractivity contribution in [2.75, 3.05) is 4.90 Å². The summed E-state index contributed by atoms with van der Waals surface area (Å²) < 4.78 is 0. The van der Waals surface area contributed by atoms with Crippen molar-refractivity contribution in [2.45, 2.75) is 30.7 Å². The van der Waals surface area contributed by atoms with Crippen molar-refractivity contribution in [2.24, 2.45) is 0 Å². The summed E-state index contributed by atoms with van der Waals surface area (Å²) in [5.41, 5.74) is 1.61. The monoisotopic (exact) mass is 494 g/mol. The Bertz CT molecular complexity index is 1300. The lowest BCUT2D eigenvalue weighted by atomic mass is 9.59. The zero-order valence-corrected chi connectivity index (χ0v) is 19.6. The largest absolute Gasteiger partial charge is 0.464 e. The number of carbonyl (C=O) groups excluding carboxylic acids is 2. The fraction of sp³-hybridized carbons (Fsp3) is 0.192. The molecule has 0 aromatic heterocycles. The number of benzene rings is 3. The van der Waals surface area contributed by atoms with Crippen molar-refractivity contribution in [3.05, 3.63) is 99.0 Å². The molecule has 0 saturated carbocycles. The molecule has 0 bridgehead atoms. The van der Waals surface area contributed by atoms with Gasteiger partial charge in [-0.3, -0.25) is 9.59 Å². The summed E-state index contributed by atoms with van der Waals surface area (Å²) in [6.45, 7) is 1.92. The van der Waals surface area contributed by atoms with Crippen LogP contribution >= 0.6 is 23.2 Å². The van der Waals surface area contributed by atoms with E-state index in [1.54, 1.807) is 30.3 Å². The highest BCUT2D eigenvalue weighted by Gasteiger charge is 2.64. The van der Waals surface area contributed by atoms with Crippen molar-refractivity contribution < 1.29 is 19.5 Å². The Kier molecular flexibility index (Phi) is 5.38. The lowest BCUT2D eigenvalue weighted by molar-refractivity contribution is -0.132. The van der Waals surface area contributed by atoms with E-state index in [9.17, 15) is 19.5 Å². The Morgan fingerprint density at radius 3 is 2.41 bits per heavy atom. The predicted octanol–water partition coefficient (Wildman–Crippen LogP) is 5.61. The van der Waals surface area contributed by atoms with Crippen molar-refractivity contribution in [1.82, 2.24) is 5.32 Å². The fourth-order valence-corrected chi connectivity index (χ4v) is 5.80. The van der Waals surface area contributed by atoms with E-state index in [2.05, 4.69) is 5.32 Å². The van der Waals surface area contributed by atoms with Crippen molar-refractivity contribution in [3.8, 4) is 0 Å². The molecule has 0 aliphatic carbocycles. The molecule has 1 fully saturated rings. The normalized spacial score (nSPS) is 23.7. The standard InChI is InChI=1S/C26H20Cl2N2O4/c1-14-4-2-6-16(10-14)23-26(20(13-22(31)29-23)15-5-3-7-17(27)11-15)19-9-8-18(28)12-21(19)30(24(26)32)25(33)34/h2-12,20,23H,13H2,1H3,(H,29,31)(H,33,34). The Morgan fingerprint density at radius 1 is 1.00 bits per heavy atom. The van der Waals surface area contributed by atoms with Crippen LogP contribution in [0.4, 0.5) is 10.5 Å². The maximum atomic E-state index is 14.3. The first-order valence-corrected chi connectivity index (χ1v) is 11.5. The first-order valence-electron chi connectivity index (χ1n) is 10.7. The van der Waals surface area contributed by atoms with E-state index in [1.807, 2.05) is 37.3 Å². The highest BCUT2D eigenvalue weighted by molar-refractivity contribution is 6.32. The van der Waals surface area contributed by atoms with Crippen molar-refractivity contribution >= 4 is 46.8 Å².